The van der Waals surface area contributed by atoms with Crippen LogP contribution >= 0.6 is 0 Å². The van der Waals surface area contributed by atoms with Crippen molar-refractivity contribution in [2.45, 2.75) is 38.3 Å². The molecule has 3 atom stereocenters. The summed E-state index contributed by atoms with van der Waals surface area (Å²) in [6.45, 7) is 1.67. The van der Waals surface area contributed by atoms with E-state index in [0.717, 1.165) is 19.3 Å². The van der Waals surface area contributed by atoms with Crippen LogP contribution in [0, 0.1) is 5.41 Å². The van der Waals surface area contributed by atoms with E-state index in [2.05, 4.69) is 10.1 Å². The van der Waals surface area contributed by atoms with Crippen LogP contribution in [-0.2, 0) is 14.3 Å². The summed E-state index contributed by atoms with van der Waals surface area (Å²) in [4.78, 5) is 22.9. The highest BCUT2D eigenvalue weighted by atomic mass is 16.5. The van der Waals surface area contributed by atoms with Crippen LogP contribution in [0.25, 0.3) is 0 Å². The molecule has 1 aliphatic carbocycles. The van der Waals surface area contributed by atoms with Crippen molar-refractivity contribution in [2.24, 2.45) is 11.1 Å². The van der Waals surface area contributed by atoms with Crippen LogP contribution in [-0.4, -0.2) is 42.8 Å². The zero-order valence-electron chi connectivity index (χ0n) is 10.2. The molecule has 1 rings (SSSR count). The highest BCUT2D eigenvalue weighted by Gasteiger charge is 2.42. The topological polar surface area (TPSA) is 102 Å². The third-order valence-corrected chi connectivity index (χ3v) is 3.48. The summed E-state index contributed by atoms with van der Waals surface area (Å²) in [5.74, 6) is -0.975. The van der Waals surface area contributed by atoms with E-state index in [1.165, 1.54) is 7.11 Å². The molecule has 0 saturated heterocycles. The largest absolute Gasteiger partial charge is 0.467 e. The van der Waals surface area contributed by atoms with Gasteiger partial charge in [-0.2, -0.15) is 0 Å². The van der Waals surface area contributed by atoms with Crippen LogP contribution in [0.4, 0.5) is 0 Å². The average molecular weight is 244 g/mol. The number of hydrogen-bond acceptors (Lipinski definition) is 5. The van der Waals surface area contributed by atoms with E-state index < -0.39 is 17.5 Å². The Hall–Kier alpha value is -1.14. The molecule has 1 aliphatic rings. The monoisotopic (exact) mass is 244 g/mol. The van der Waals surface area contributed by atoms with E-state index >= 15 is 0 Å². The van der Waals surface area contributed by atoms with E-state index in [0.29, 0.717) is 0 Å². The normalized spacial score (nSPS) is 29.8. The first-order chi connectivity index (χ1) is 7.91. The second-order valence-corrected chi connectivity index (χ2v) is 4.67. The van der Waals surface area contributed by atoms with Gasteiger partial charge in [-0.25, -0.2) is 4.79 Å². The number of aliphatic hydroxyl groups is 1. The third-order valence-electron chi connectivity index (χ3n) is 3.48. The van der Waals surface area contributed by atoms with Crippen molar-refractivity contribution in [2.75, 3.05) is 13.7 Å². The van der Waals surface area contributed by atoms with Crippen molar-refractivity contribution in [1.29, 1.82) is 0 Å². The number of hydrogen-bond donors (Lipinski definition) is 3. The predicted octanol–water partition coefficient (Wildman–Crippen LogP) is -0.846. The quantitative estimate of drug-likeness (QED) is 0.559. The van der Waals surface area contributed by atoms with Gasteiger partial charge < -0.3 is 20.9 Å². The molecule has 1 saturated carbocycles. The molecule has 0 radical (unpaired) electrons. The lowest BCUT2D eigenvalue weighted by molar-refractivity contribution is -0.150. The number of esters is 1. The predicted molar refractivity (Wildman–Crippen MR) is 61.0 cm³/mol. The summed E-state index contributed by atoms with van der Waals surface area (Å²) in [5, 5.41) is 11.9. The van der Waals surface area contributed by atoms with E-state index in [4.69, 9.17) is 5.73 Å². The molecule has 0 spiro atoms. The van der Waals surface area contributed by atoms with Crippen LogP contribution in [0.3, 0.4) is 0 Å². The minimum absolute atomic E-state index is 0.145. The summed E-state index contributed by atoms with van der Waals surface area (Å²) in [5.41, 5.74) is 5.29. The highest BCUT2D eigenvalue weighted by molar-refractivity contribution is 5.84. The number of nitrogens with one attached hydrogen (secondary N) is 1. The summed E-state index contributed by atoms with van der Waals surface area (Å²) >= 11 is 0. The molecule has 1 fully saturated rings. The maximum absolute atomic E-state index is 11.9. The molecule has 0 aromatic carbocycles. The Balaban J connectivity index is 2.47. The van der Waals surface area contributed by atoms with Gasteiger partial charge in [0.1, 0.15) is 0 Å². The Bertz CT molecular complexity index is 308. The average Bonchev–Trinajstić information content (AvgIpc) is 2.66. The number of methoxy groups -OCH3 is 1. The molecule has 0 aromatic heterocycles. The Kier molecular flexibility index (Phi) is 4.47. The first kappa shape index (κ1) is 13.9. The molecule has 0 heterocycles. The van der Waals surface area contributed by atoms with Gasteiger partial charge in [0.05, 0.1) is 19.1 Å². The minimum Gasteiger partial charge on any atom is -0.467 e. The van der Waals surface area contributed by atoms with E-state index in [-0.39, 0.29) is 18.5 Å². The van der Waals surface area contributed by atoms with Crippen LogP contribution in [0.1, 0.15) is 26.2 Å². The van der Waals surface area contributed by atoms with Gasteiger partial charge in [0, 0.05) is 6.04 Å². The molecular formula is C11H20N2O4. The Morgan fingerprint density at radius 2 is 2.29 bits per heavy atom. The van der Waals surface area contributed by atoms with Crippen LogP contribution in [0.15, 0.2) is 0 Å². The number of carbonyl (C=O) groups is 2. The van der Waals surface area contributed by atoms with Crippen molar-refractivity contribution in [3.05, 3.63) is 0 Å². The SMILES string of the molecule is COC(=O)C(O)CNC(=O)C1(C)CCCC1N. The smallest absolute Gasteiger partial charge is 0.336 e. The molecule has 4 N–H and O–H groups in total. The number of nitrogens with two attached hydrogens (primary N) is 1. The van der Waals surface area contributed by atoms with Crippen molar-refractivity contribution in [3.8, 4) is 0 Å². The summed E-state index contributed by atoms with van der Waals surface area (Å²) in [6, 6.07) is -0.169. The molecule has 17 heavy (non-hydrogen) atoms. The highest BCUT2D eigenvalue weighted by Crippen LogP contribution is 2.36. The van der Waals surface area contributed by atoms with Crippen LogP contribution < -0.4 is 11.1 Å². The lowest BCUT2D eigenvalue weighted by atomic mass is 9.84. The lowest BCUT2D eigenvalue weighted by Gasteiger charge is -2.27. The second kappa shape index (κ2) is 5.46. The number of ether oxygens (including phenoxy) is 1. The molecule has 98 valence electrons. The van der Waals surface area contributed by atoms with Gasteiger partial charge in [0.15, 0.2) is 6.10 Å². The fourth-order valence-electron chi connectivity index (χ4n) is 2.09. The maximum Gasteiger partial charge on any atom is 0.336 e. The van der Waals surface area contributed by atoms with E-state index in [9.17, 15) is 14.7 Å². The van der Waals surface area contributed by atoms with Crippen molar-refractivity contribution in [1.82, 2.24) is 5.32 Å². The molecule has 0 aliphatic heterocycles. The molecular weight excluding hydrogens is 224 g/mol. The van der Waals surface area contributed by atoms with Crippen molar-refractivity contribution in [3.63, 3.8) is 0 Å². The number of rotatable bonds is 4. The van der Waals surface area contributed by atoms with Crippen LogP contribution in [0.2, 0.25) is 0 Å². The molecule has 0 aromatic rings. The first-order valence-corrected chi connectivity index (χ1v) is 5.71. The van der Waals surface area contributed by atoms with Gasteiger partial charge in [0.25, 0.3) is 0 Å². The number of carbonyl (C=O) groups excluding carboxylic acids is 2. The second-order valence-electron chi connectivity index (χ2n) is 4.67. The number of amides is 1. The fourth-order valence-corrected chi connectivity index (χ4v) is 2.09. The van der Waals surface area contributed by atoms with Gasteiger partial charge in [-0.3, -0.25) is 4.79 Å². The maximum atomic E-state index is 11.9. The zero-order chi connectivity index (χ0) is 13.1. The van der Waals surface area contributed by atoms with Gasteiger partial charge in [-0.05, 0) is 19.8 Å². The molecule has 6 heteroatoms. The molecule has 0 bridgehead atoms. The number of aliphatic hydroxyl groups excluding tert-OH is 1. The van der Waals surface area contributed by atoms with Crippen LogP contribution in [0.5, 0.6) is 0 Å². The lowest BCUT2D eigenvalue weighted by Crippen LogP contribution is -2.49. The summed E-state index contributed by atoms with van der Waals surface area (Å²) in [6.07, 6.45) is 1.15. The first-order valence-electron chi connectivity index (χ1n) is 5.71. The third kappa shape index (κ3) is 2.95. The van der Waals surface area contributed by atoms with E-state index in [1.807, 2.05) is 6.92 Å². The van der Waals surface area contributed by atoms with Gasteiger partial charge >= 0.3 is 5.97 Å². The minimum atomic E-state index is -1.33. The van der Waals surface area contributed by atoms with Crippen molar-refractivity contribution >= 4 is 11.9 Å². The molecule has 6 nitrogen and oxygen atoms in total. The van der Waals surface area contributed by atoms with Crippen molar-refractivity contribution < 1.29 is 19.4 Å². The summed E-state index contributed by atoms with van der Waals surface area (Å²) in [7, 11) is 1.18. The Morgan fingerprint density at radius 3 is 2.76 bits per heavy atom. The fraction of sp³-hybridized carbons (Fsp3) is 0.818. The van der Waals surface area contributed by atoms with Gasteiger partial charge in [-0.1, -0.05) is 6.42 Å². The molecule has 3 unspecified atom stereocenters. The Labute approximate surface area is 101 Å². The zero-order valence-corrected chi connectivity index (χ0v) is 10.2. The standard InChI is InChI=1S/C11H20N2O4/c1-11(5-3-4-8(11)12)10(16)13-6-7(14)9(15)17-2/h7-8,14H,3-6,12H2,1-2H3,(H,13,16). The summed E-state index contributed by atoms with van der Waals surface area (Å²) < 4.78 is 4.35. The van der Waals surface area contributed by atoms with Gasteiger partial charge in [-0.15, -0.1) is 0 Å². The van der Waals surface area contributed by atoms with Gasteiger partial charge in [0.2, 0.25) is 5.91 Å². The Morgan fingerprint density at radius 1 is 1.65 bits per heavy atom. The molecule has 1 amide bonds. The van der Waals surface area contributed by atoms with E-state index in [1.54, 1.807) is 0 Å².